The van der Waals surface area contributed by atoms with Crippen LogP contribution in [0.25, 0.3) is 28.2 Å². The van der Waals surface area contributed by atoms with E-state index in [0.717, 1.165) is 22.2 Å². The highest BCUT2D eigenvalue weighted by Gasteiger charge is 2.09. The average molecular weight is 265 g/mol. The van der Waals surface area contributed by atoms with Crippen molar-refractivity contribution in [1.29, 1.82) is 0 Å². The van der Waals surface area contributed by atoms with E-state index in [1.165, 1.54) is 0 Å². The molecule has 5 N–H and O–H groups in total. The predicted octanol–water partition coefficient (Wildman–Crippen LogP) is 2.18. The van der Waals surface area contributed by atoms with Gasteiger partial charge in [0, 0.05) is 29.2 Å². The van der Waals surface area contributed by atoms with Gasteiger partial charge in [-0.1, -0.05) is 24.3 Å². The molecule has 1 aromatic carbocycles. The molecule has 0 aliphatic carbocycles. The second-order valence-corrected chi connectivity index (χ2v) is 4.41. The molecule has 0 atom stereocenters. The van der Waals surface area contributed by atoms with Gasteiger partial charge in [0.2, 0.25) is 0 Å². The number of nitrogens with two attached hydrogens (primary N) is 2. The third-order valence-corrected chi connectivity index (χ3v) is 3.11. The van der Waals surface area contributed by atoms with E-state index >= 15 is 0 Å². The Bertz CT molecular complexity index is 773. The Morgan fingerprint density at radius 3 is 2.95 bits per heavy atom. The molecule has 0 spiro atoms. The summed E-state index contributed by atoms with van der Waals surface area (Å²) >= 11 is 0. The molecule has 5 nitrogen and oxygen atoms in total. The minimum atomic E-state index is 0.401. The fourth-order valence-corrected chi connectivity index (χ4v) is 2.13. The van der Waals surface area contributed by atoms with Gasteiger partial charge in [-0.05, 0) is 12.1 Å². The Kier molecular flexibility index (Phi) is 3.18. The van der Waals surface area contributed by atoms with Crippen molar-refractivity contribution < 1.29 is 0 Å². The molecule has 0 bridgehead atoms. The van der Waals surface area contributed by atoms with Crippen LogP contribution >= 0.6 is 0 Å². The van der Waals surface area contributed by atoms with Gasteiger partial charge in [-0.25, -0.2) is 9.97 Å². The SMILES string of the molecule is NCC=Cc1nc(-c2c[nH]c3ccccc23)cnc1N. The van der Waals surface area contributed by atoms with E-state index in [-0.39, 0.29) is 0 Å². The summed E-state index contributed by atoms with van der Waals surface area (Å²) in [4.78, 5) is 12.0. The number of H-pyrrole nitrogens is 1. The molecule has 0 radical (unpaired) electrons. The van der Waals surface area contributed by atoms with Gasteiger partial charge in [0.05, 0.1) is 11.9 Å². The summed E-state index contributed by atoms with van der Waals surface area (Å²) in [6.07, 6.45) is 7.21. The van der Waals surface area contributed by atoms with E-state index in [9.17, 15) is 0 Å². The topological polar surface area (TPSA) is 93.6 Å². The average Bonchev–Trinajstić information content (AvgIpc) is 2.90. The standard InChI is InChI=1S/C15H15N5/c16-7-3-6-13-15(17)19-9-14(20-13)11-8-18-12-5-2-1-4-10(11)12/h1-6,8-9,18H,7,16H2,(H2,17,19). The number of nitrogen functional groups attached to an aromatic ring is 1. The summed E-state index contributed by atoms with van der Waals surface area (Å²) in [5, 5.41) is 1.11. The van der Waals surface area contributed by atoms with Crippen molar-refractivity contribution in [1.82, 2.24) is 15.0 Å². The molecule has 3 aromatic rings. The smallest absolute Gasteiger partial charge is 0.149 e. The highest BCUT2D eigenvalue weighted by atomic mass is 14.9. The lowest BCUT2D eigenvalue weighted by Crippen LogP contribution is -1.99. The lowest BCUT2D eigenvalue weighted by atomic mass is 10.1. The molecule has 0 unspecified atom stereocenters. The number of anilines is 1. The fraction of sp³-hybridized carbons (Fsp3) is 0.0667. The first-order valence-electron chi connectivity index (χ1n) is 6.35. The summed E-state index contributed by atoms with van der Waals surface area (Å²) in [5.41, 5.74) is 14.8. The van der Waals surface area contributed by atoms with Crippen LogP contribution in [0, 0.1) is 0 Å². The van der Waals surface area contributed by atoms with Crippen LogP contribution in [-0.2, 0) is 0 Å². The summed E-state index contributed by atoms with van der Waals surface area (Å²) < 4.78 is 0. The van der Waals surface area contributed by atoms with E-state index in [2.05, 4.69) is 21.0 Å². The van der Waals surface area contributed by atoms with Gasteiger partial charge in [-0.3, -0.25) is 0 Å². The highest BCUT2D eigenvalue weighted by molar-refractivity contribution is 5.94. The van der Waals surface area contributed by atoms with Crippen molar-refractivity contribution in [2.24, 2.45) is 5.73 Å². The quantitative estimate of drug-likeness (QED) is 0.676. The molecule has 100 valence electrons. The fourth-order valence-electron chi connectivity index (χ4n) is 2.13. The Morgan fingerprint density at radius 2 is 2.10 bits per heavy atom. The number of rotatable bonds is 3. The van der Waals surface area contributed by atoms with Crippen LogP contribution < -0.4 is 11.5 Å². The molecule has 0 aliphatic rings. The Labute approximate surface area is 116 Å². The zero-order chi connectivity index (χ0) is 13.9. The van der Waals surface area contributed by atoms with Gasteiger partial charge < -0.3 is 16.5 Å². The number of benzene rings is 1. The number of para-hydroxylation sites is 1. The van der Waals surface area contributed by atoms with Crippen molar-refractivity contribution in [2.45, 2.75) is 0 Å². The van der Waals surface area contributed by atoms with Crippen molar-refractivity contribution in [3.8, 4) is 11.3 Å². The lowest BCUT2D eigenvalue weighted by Gasteiger charge is -2.03. The number of hydrogen-bond donors (Lipinski definition) is 3. The minimum absolute atomic E-state index is 0.401. The van der Waals surface area contributed by atoms with Gasteiger partial charge in [-0.15, -0.1) is 0 Å². The van der Waals surface area contributed by atoms with Gasteiger partial charge in [0.25, 0.3) is 0 Å². The number of aromatic nitrogens is 3. The van der Waals surface area contributed by atoms with E-state index in [1.54, 1.807) is 18.3 Å². The molecule has 2 heterocycles. The molecule has 5 heteroatoms. The van der Waals surface area contributed by atoms with E-state index < -0.39 is 0 Å². The van der Waals surface area contributed by atoms with Crippen LogP contribution in [0.4, 0.5) is 5.82 Å². The Hall–Kier alpha value is -2.66. The first-order valence-corrected chi connectivity index (χ1v) is 6.35. The number of nitrogens with zero attached hydrogens (tertiary/aromatic N) is 2. The number of fused-ring (bicyclic) bond motifs is 1. The maximum Gasteiger partial charge on any atom is 0.149 e. The number of nitrogens with one attached hydrogen (secondary N) is 1. The summed E-state index contributed by atoms with van der Waals surface area (Å²) in [7, 11) is 0. The Morgan fingerprint density at radius 1 is 1.25 bits per heavy atom. The minimum Gasteiger partial charge on any atom is -0.382 e. The molecule has 2 aromatic heterocycles. The molecular weight excluding hydrogens is 250 g/mol. The van der Waals surface area contributed by atoms with E-state index in [1.807, 2.05) is 24.4 Å². The maximum atomic E-state index is 5.82. The van der Waals surface area contributed by atoms with Crippen molar-refractivity contribution in [2.75, 3.05) is 12.3 Å². The van der Waals surface area contributed by atoms with Crippen molar-refractivity contribution in [3.05, 3.63) is 48.4 Å². The van der Waals surface area contributed by atoms with Gasteiger partial charge in [0.15, 0.2) is 0 Å². The molecule has 0 aliphatic heterocycles. The second-order valence-electron chi connectivity index (χ2n) is 4.41. The molecule has 0 saturated carbocycles. The third kappa shape index (κ3) is 2.15. The molecular formula is C15H15N5. The highest BCUT2D eigenvalue weighted by Crippen LogP contribution is 2.27. The zero-order valence-electron chi connectivity index (χ0n) is 10.9. The maximum absolute atomic E-state index is 5.82. The van der Waals surface area contributed by atoms with Crippen LogP contribution in [0.5, 0.6) is 0 Å². The normalized spacial score (nSPS) is 11.4. The summed E-state index contributed by atoms with van der Waals surface area (Å²) in [6.45, 7) is 0.443. The molecule has 0 saturated heterocycles. The number of aromatic amines is 1. The summed E-state index contributed by atoms with van der Waals surface area (Å²) in [5.74, 6) is 0.401. The monoisotopic (exact) mass is 265 g/mol. The first kappa shape index (κ1) is 12.4. The molecule has 0 fully saturated rings. The Balaban J connectivity index is 2.12. The van der Waals surface area contributed by atoms with Gasteiger partial charge >= 0.3 is 0 Å². The largest absolute Gasteiger partial charge is 0.382 e. The number of hydrogen-bond acceptors (Lipinski definition) is 4. The van der Waals surface area contributed by atoms with E-state index in [4.69, 9.17) is 11.5 Å². The lowest BCUT2D eigenvalue weighted by molar-refractivity contribution is 1.19. The van der Waals surface area contributed by atoms with Gasteiger partial charge in [0.1, 0.15) is 11.5 Å². The third-order valence-electron chi connectivity index (χ3n) is 3.11. The van der Waals surface area contributed by atoms with Crippen molar-refractivity contribution >= 4 is 22.8 Å². The molecule has 3 rings (SSSR count). The van der Waals surface area contributed by atoms with Crippen LogP contribution in [0.15, 0.2) is 42.7 Å². The van der Waals surface area contributed by atoms with Crippen LogP contribution in [0.1, 0.15) is 5.69 Å². The molecule has 20 heavy (non-hydrogen) atoms. The van der Waals surface area contributed by atoms with Gasteiger partial charge in [-0.2, -0.15) is 0 Å². The van der Waals surface area contributed by atoms with Crippen LogP contribution in [0.2, 0.25) is 0 Å². The van der Waals surface area contributed by atoms with E-state index in [0.29, 0.717) is 18.1 Å². The zero-order valence-corrected chi connectivity index (χ0v) is 10.9. The summed E-state index contributed by atoms with van der Waals surface area (Å²) in [6, 6.07) is 8.07. The van der Waals surface area contributed by atoms with Crippen molar-refractivity contribution in [3.63, 3.8) is 0 Å². The molecule has 0 amide bonds. The van der Waals surface area contributed by atoms with Crippen LogP contribution in [-0.4, -0.2) is 21.5 Å². The second kappa shape index (κ2) is 5.14. The van der Waals surface area contributed by atoms with Crippen LogP contribution in [0.3, 0.4) is 0 Å². The predicted molar refractivity (Wildman–Crippen MR) is 81.8 cm³/mol. The first-order chi connectivity index (χ1) is 9.79.